The maximum absolute atomic E-state index is 12.1. The predicted octanol–water partition coefficient (Wildman–Crippen LogP) is 3.01. The van der Waals surface area contributed by atoms with Crippen LogP contribution in [0, 0.1) is 0 Å². The van der Waals surface area contributed by atoms with Crippen molar-refractivity contribution in [2.75, 3.05) is 7.11 Å². The van der Waals surface area contributed by atoms with E-state index in [0.717, 1.165) is 11.8 Å². The Balaban J connectivity index is 2.55. The van der Waals surface area contributed by atoms with Crippen molar-refractivity contribution < 1.29 is 19.1 Å². The summed E-state index contributed by atoms with van der Waals surface area (Å²) in [6.07, 6.45) is 0.745. The van der Waals surface area contributed by atoms with Gasteiger partial charge in [-0.05, 0) is 24.1 Å². The van der Waals surface area contributed by atoms with Crippen LogP contribution in [0.1, 0.15) is 44.7 Å². The Morgan fingerprint density at radius 3 is 2.23 bits per heavy atom. The molecule has 0 saturated heterocycles. The number of methoxy groups -OCH3 is 1. The average molecular weight is 296 g/mol. The fourth-order valence-corrected chi connectivity index (χ4v) is 2.44. The topological polar surface area (TPSA) is 60.4 Å². The maximum Gasteiger partial charge on any atom is 0.338 e. The molecule has 0 N–H and O–H groups in total. The van der Waals surface area contributed by atoms with Crippen LogP contribution in [0.3, 0.4) is 0 Å². The molecular formula is C18H16O4. The van der Waals surface area contributed by atoms with Crippen molar-refractivity contribution in [3.63, 3.8) is 0 Å². The van der Waals surface area contributed by atoms with Gasteiger partial charge in [-0.3, -0.25) is 9.59 Å². The van der Waals surface area contributed by atoms with E-state index in [2.05, 4.69) is 0 Å². The minimum atomic E-state index is -0.573. The summed E-state index contributed by atoms with van der Waals surface area (Å²) in [5.41, 5.74) is 2.23. The van der Waals surface area contributed by atoms with Crippen molar-refractivity contribution in [3.8, 4) is 0 Å². The van der Waals surface area contributed by atoms with Crippen molar-refractivity contribution in [2.45, 2.75) is 12.8 Å². The van der Waals surface area contributed by atoms with E-state index in [1.807, 2.05) is 0 Å². The van der Waals surface area contributed by atoms with Gasteiger partial charge in [0.05, 0.1) is 18.6 Å². The molecule has 2 rings (SSSR count). The van der Waals surface area contributed by atoms with Gasteiger partial charge in [0.25, 0.3) is 0 Å². The molecule has 112 valence electrons. The highest BCUT2D eigenvalue weighted by molar-refractivity contribution is 5.96. The van der Waals surface area contributed by atoms with E-state index in [0.29, 0.717) is 16.7 Å². The lowest BCUT2D eigenvalue weighted by atomic mass is 9.85. The molecule has 0 amide bonds. The number of esters is 1. The Morgan fingerprint density at radius 1 is 1.05 bits per heavy atom. The van der Waals surface area contributed by atoms with E-state index in [1.165, 1.54) is 14.0 Å². The summed E-state index contributed by atoms with van der Waals surface area (Å²) in [5, 5.41) is 0. The van der Waals surface area contributed by atoms with Crippen LogP contribution in [-0.2, 0) is 9.53 Å². The number of aldehydes is 1. The van der Waals surface area contributed by atoms with E-state index >= 15 is 0 Å². The second-order valence-electron chi connectivity index (χ2n) is 4.91. The Kier molecular flexibility index (Phi) is 4.84. The first kappa shape index (κ1) is 15.6. The summed E-state index contributed by atoms with van der Waals surface area (Å²) in [4.78, 5) is 34.8. The van der Waals surface area contributed by atoms with Crippen LogP contribution in [0.2, 0.25) is 0 Å². The van der Waals surface area contributed by atoms with Gasteiger partial charge in [0, 0.05) is 5.56 Å². The predicted molar refractivity (Wildman–Crippen MR) is 82.1 cm³/mol. The van der Waals surface area contributed by atoms with Gasteiger partial charge in [0.2, 0.25) is 0 Å². The number of ketones is 1. The molecule has 0 fully saturated rings. The van der Waals surface area contributed by atoms with Crippen LogP contribution in [0.4, 0.5) is 0 Å². The number of ether oxygens (including phenoxy) is 1. The average Bonchev–Trinajstić information content (AvgIpc) is 2.55. The molecule has 0 heterocycles. The zero-order valence-electron chi connectivity index (χ0n) is 12.4. The molecule has 0 spiro atoms. The SMILES string of the molecule is COC(=O)c1ccccc1C(C(C)=O)c1ccc(C=O)cc1. The van der Waals surface area contributed by atoms with Gasteiger partial charge in [0.1, 0.15) is 12.1 Å². The number of Topliss-reactive ketones (excluding diaryl/α,β-unsaturated/α-hetero) is 1. The van der Waals surface area contributed by atoms with Crippen LogP contribution in [-0.4, -0.2) is 25.1 Å². The van der Waals surface area contributed by atoms with Crippen LogP contribution >= 0.6 is 0 Å². The third-order valence-corrected chi connectivity index (χ3v) is 3.49. The number of carbonyl (C=O) groups excluding carboxylic acids is 3. The molecule has 1 unspecified atom stereocenters. The largest absolute Gasteiger partial charge is 0.465 e. The number of carbonyl (C=O) groups is 3. The first-order chi connectivity index (χ1) is 10.6. The van der Waals surface area contributed by atoms with Crippen LogP contribution in [0.25, 0.3) is 0 Å². The lowest BCUT2D eigenvalue weighted by molar-refractivity contribution is -0.117. The maximum atomic E-state index is 12.1. The third kappa shape index (κ3) is 3.11. The zero-order valence-corrected chi connectivity index (χ0v) is 12.4. The lowest BCUT2D eigenvalue weighted by Gasteiger charge is -2.18. The van der Waals surface area contributed by atoms with Gasteiger partial charge in [-0.1, -0.05) is 42.5 Å². The number of hydrogen-bond acceptors (Lipinski definition) is 4. The molecule has 4 nitrogen and oxygen atoms in total. The molecule has 1 atom stereocenters. The fraction of sp³-hybridized carbons (Fsp3) is 0.167. The summed E-state index contributed by atoms with van der Waals surface area (Å²) >= 11 is 0. The lowest BCUT2D eigenvalue weighted by Crippen LogP contribution is -2.16. The van der Waals surface area contributed by atoms with Gasteiger partial charge in [0.15, 0.2) is 0 Å². The van der Waals surface area contributed by atoms with Crippen molar-refractivity contribution in [3.05, 3.63) is 70.8 Å². The highest BCUT2D eigenvalue weighted by atomic mass is 16.5. The fourth-order valence-electron chi connectivity index (χ4n) is 2.44. The third-order valence-electron chi connectivity index (χ3n) is 3.49. The van der Waals surface area contributed by atoms with Gasteiger partial charge < -0.3 is 4.74 Å². The Labute approximate surface area is 128 Å². The quantitative estimate of drug-likeness (QED) is 0.628. The number of rotatable bonds is 5. The standard InChI is InChI=1S/C18H16O4/c1-12(20)17(14-9-7-13(11-19)8-10-14)15-5-3-4-6-16(15)18(21)22-2/h3-11,17H,1-2H3. The van der Waals surface area contributed by atoms with E-state index < -0.39 is 11.9 Å². The second kappa shape index (κ2) is 6.80. The monoisotopic (exact) mass is 296 g/mol. The minimum Gasteiger partial charge on any atom is -0.465 e. The molecule has 2 aromatic carbocycles. The summed E-state index contributed by atoms with van der Waals surface area (Å²) in [6, 6.07) is 13.6. The Morgan fingerprint density at radius 2 is 1.68 bits per heavy atom. The highest BCUT2D eigenvalue weighted by Gasteiger charge is 2.24. The second-order valence-corrected chi connectivity index (χ2v) is 4.91. The number of benzene rings is 2. The van der Waals surface area contributed by atoms with Crippen molar-refractivity contribution >= 4 is 18.0 Å². The summed E-state index contributed by atoms with van der Waals surface area (Å²) < 4.78 is 4.78. The van der Waals surface area contributed by atoms with E-state index in [4.69, 9.17) is 4.74 Å². The number of hydrogen-bond donors (Lipinski definition) is 0. The van der Waals surface area contributed by atoms with Crippen molar-refractivity contribution in [1.82, 2.24) is 0 Å². The molecular weight excluding hydrogens is 280 g/mol. The molecule has 2 aromatic rings. The molecule has 0 aliphatic rings. The Hall–Kier alpha value is -2.75. The zero-order chi connectivity index (χ0) is 16.1. The van der Waals surface area contributed by atoms with Gasteiger partial charge in [-0.2, -0.15) is 0 Å². The first-order valence-electron chi connectivity index (χ1n) is 6.81. The normalized spacial score (nSPS) is 11.5. The smallest absolute Gasteiger partial charge is 0.338 e. The summed E-state index contributed by atoms with van der Waals surface area (Å²) in [7, 11) is 1.31. The van der Waals surface area contributed by atoms with Crippen molar-refractivity contribution in [1.29, 1.82) is 0 Å². The molecule has 4 heteroatoms. The van der Waals surface area contributed by atoms with Gasteiger partial charge in [-0.25, -0.2) is 4.79 Å². The first-order valence-corrected chi connectivity index (χ1v) is 6.81. The van der Waals surface area contributed by atoms with E-state index in [-0.39, 0.29) is 5.78 Å². The van der Waals surface area contributed by atoms with Gasteiger partial charge in [-0.15, -0.1) is 0 Å². The molecule has 0 aliphatic carbocycles. The van der Waals surface area contributed by atoms with Crippen LogP contribution in [0.5, 0.6) is 0 Å². The van der Waals surface area contributed by atoms with E-state index in [9.17, 15) is 14.4 Å². The van der Waals surface area contributed by atoms with Crippen LogP contribution < -0.4 is 0 Å². The molecule has 0 saturated carbocycles. The molecule has 0 aliphatic heterocycles. The van der Waals surface area contributed by atoms with Crippen LogP contribution in [0.15, 0.2) is 48.5 Å². The molecule has 0 bridgehead atoms. The van der Waals surface area contributed by atoms with Gasteiger partial charge >= 0.3 is 5.97 Å². The Bertz CT molecular complexity index is 701. The molecule has 22 heavy (non-hydrogen) atoms. The highest BCUT2D eigenvalue weighted by Crippen LogP contribution is 2.29. The minimum absolute atomic E-state index is 0.0878. The summed E-state index contributed by atoms with van der Waals surface area (Å²) in [5.74, 6) is -1.14. The van der Waals surface area contributed by atoms with E-state index in [1.54, 1.807) is 48.5 Å². The van der Waals surface area contributed by atoms with Crippen molar-refractivity contribution in [2.24, 2.45) is 0 Å². The molecule has 0 aromatic heterocycles. The summed E-state index contributed by atoms with van der Waals surface area (Å²) in [6.45, 7) is 1.48. The molecule has 0 radical (unpaired) electrons.